The first kappa shape index (κ1) is 28.1. The molecule has 0 atom stereocenters. The number of pyridine rings is 1. The molecule has 34 heavy (non-hydrogen) atoms. The van der Waals surface area contributed by atoms with Crippen LogP contribution in [0.15, 0.2) is 30.5 Å². The molecule has 0 bridgehead atoms. The molecule has 13 heteroatoms. The van der Waals surface area contributed by atoms with E-state index in [-0.39, 0.29) is 42.0 Å². The first-order chi connectivity index (χ1) is 16.1. The van der Waals surface area contributed by atoms with Crippen LogP contribution in [0.25, 0.3) is 0 Å². The zero-order valence-corrected chi connectivity index (χ0v) is 20.2. The number of aromatic nitrogens is 1. The van der Waals surface area contributed by atoms with Gasteiger partial charge in [-0.2, -0.15) is 13.2 Å². The normalized spacial score (nSPS) is 12.1. The Hall–Kier alpha value is -2.12. The first-order valence-electron chi connectivity index (χ1n) is 10.2. The third-order valence-corrected chi connectivity index (χ3v) is 6.08. The van der Waals surface area contributed by atoms with Crippen LogP contribution in [0.2, 0.25) is 5.02 Å². The van der Waals surface area contributed by atoms with Crippen LogP contribution >= 0.6 is 11.6 Å². The molecule has 0 radical (unpaired) electrons. The van der Waals surface area contributed by atoms with Crippen molar-refractivity contribution in [1.82, 2.24) is 9.71 Å². The summed E-state index contributed by atoms with van der Waals surface area (Å²) in [6.45, 7) is 1.23. The SMILES string of the molecule is COCCCNS(=O)(=O)CCc1ccc(OCCOC)cc1Oc1ncc(C(F)(F)F)cc1Cl. The average Bonchev–Trinajstić information content (AvgIpc) is 2.77. The standard InChI is InChI=1S/C21H26ClF3N2O6S/c1-30-8-3-7-27-34(28,29)11-6-15-4-5-17(32-10-9-31-2)13-19(15)33-20-18(22)12-16(14-26-20)21(23,24)25/h4-5,12-14,27H,3,6-11H2,1-2H3. The summed E-state index contributed by atoms with van der Waals surface area (Å²) in [5.41, 5.74) is -0.550. The van der Waals surface area contributed by atoms with Gasteiger partial charge in [0.25, 0.3) is 0 Å². The van der Waals surface area contributed by atoms with E-state index in [4.69, 9.17) is 30.5 Å². The molecule has 0 spiro atoms. The van der Waals surface area contributed by atoms with Gasteiger partial charge in [0.15, 0.2) is 0 Å². The monoisotopic (exact) mass is 526 g/mol. The molecule has 1 aromatic carbocycles. The van der Waals surface area contributed by atoms with Crippen LogP contribution in [0.1, 0.15) is 17.5 Å². The van der Waals surface area contributed by atoms with E-state index in [0.717, 1.165) is 0 Å². The second-order valence-corrected chi connectivity index (χ2v) is 9.36. The highest BCUT2D eigenvalue weighted by Crippen LogP contribution is 2.36. The van der Waals surface area contributed by atoms with Gasteiger partial charge >= 0.3 is 6.18 Å². The molecule has 0 fully saturated rings. The number of halogens is 4. The molecule has 1 heterocycles. The Morgan fingerprint density at radius 3 is 2.47 bits per heavy atom. The minimum absolute atomic E-state index is 0.0611. The molecule has 0 aliphatic heterocycles. The summed E-state index contributed by atoms with van der Waals surface area (Å²) >= 11 is 5.96. The van der Waals surface area contributed by atoms with Gasteiger partial charge in [-0.25, -0.2) is 18.1 Å². The van der Waals surface area contributed by atoms with Gasteiger partial charge in [0.1, 0.15) is 23.1 Å². The first-order valence-corrected chi connectivity index (χ1v) is 12.2. The fraction of sp³-hybridized carbons (Fsp3) is 0.476. The number of alkyl halides is 3. The maximum Gasteiger partial charge on any atom is 0.417 e. The number of nitrogens with one attached hydrogen (secondary N) is 1. The van der Waals surface area contributed by atoms with Crippen LogP contribution in [-0.4, -0.2) is 59.7 Å². The van der Waals surface area contributed by atoms with Crippen molar-refractivity contribution in [3.63, 3.8) is 0 Å². The van der Waals surface area contributed by atoms with E-state index in [2.05, 4.69) is 9.71 Å². The molecule has 2 rings (SSSR count). The second kappa shape index (κ2) is 13.1. The van der Waals surface area contributed by atoms with E-state index in [0.29, 0.717) is 43.2 Å². The lowest BCUT2D eigenvalue weighted by molar-refractivity contribution is -0.137. The van der Waals surface area contributed by atoms with Crippen LogP contribution in [-0.2, 0) is 32.1 Å². The van der Waals surface area contributed by atoms with Gasteiger partial charge in [-0.1, -0.05) is 17.7 Å². The van der Waals surface area contributed by atoms with Crippen molar-refractivity contribution in [2.45, 2.75) is 19.0 Å². The van der Waals surface area contributed by atoms with Crippen LogP contribution in [0.5, 0.6) is 17.4 Å². The van der Waals surface area contributed by atoms with Crippen molar-refractivity contribution in [2.24, 2.45) is 0 Å². The number of hydrogen-bond acceptors (Lipinski definition) is 7. The van der Waals surface area contributed by atoms with Gasteiger partial charge < -0.3 is 18.9 Å². The van der Waals surface area contributed by atoms with Crippen molar-refractivity contribution in [3.05, 3.63) is 46.6 Å². The van der Waals surface area contributed by atoms with E-state index in [1.807, 2.05) is 0 Å². The van der Waals surface area contributed by atoms with Gasteiger partial charge in [0.2, 0.25) is 15.9 Å². The predicted octanol–water partition coefficient (Wildman–Crippen LogP) is 4.07. The van der Waals surface area contributed by atoms with Gasteiger partial charge in [-0.3, -0.25) is 0 Å². The molecule has 0 aliphatic carbocycles. The lowest BCUT2D eigenvalue weighted by Crippen LogP contribution is -2.28. The number of benzene rings is 1. The van der Waals surface area contributed by atoms with E-state index in [1.54, 1.807) is 12.1 Å². The molecular formula is C21H26ClF3N2O6S. The summed E-state index contributed by atoms with van der Waals surface area (Å²) in [5.74, 6) is 0.0394. The second-order valence-electron chi connectivity index (χ2n) is 7.03. The van der Waals surface area contributed by atoms with Crippen molar-refractivity contribution in [1.29, 1.82) is 0 Å². The number of aryl methyl sites for hydroxylation is 1. The fourth-order valence-electron chi connectivity index (χ4n) is 2.69. The zero-order chi connectivity index (χ0) is 25.2. The number of hydrogen-bond donors (Lipinski definition) is 1. The molecule has 0 amide bonds. The van der Waals surface area contributed by atoms with Gasteiger partial charge in [-0.15, -0.1) is 0 Å². The predicted molar refractivity (Wildman–Crippen MR) is 120 cm³/mol. The Kier molecular flexibility index (Phi) is 10.8. The molecule has 1 N–H and O–H groups in total. The molecule has 190 valence electrons. The highest BCUT2D eigenvalue weighted by atomic mass is 35.5. The summed E-state index contributed by atoms with van der Waals surface area (Å²) in [5, 5.41) is -0.348. The van der Waals surface area contributed by atoms with Crippen molar-refractivity contribution in [3.8, 4) is 17.4 Å². The van der Waals surface area contributed by atoms with Crippen LogP contribution < -0.4 is 14.2 Å². The highest BCUT2D eigenvalue weighted by Gasteiger charge is 2.32. The minimum atomic E-state index is -4.61. The summed E-state index contributed by atoms with van der Waals surface area (Å²) in [6, 6.07) is 5.42. The summed E-state index contributed by atoms with van der Waals surface area (Å²) in [6.07, 6.45) is -3.42. The topological polar surface area (TPSA) is 96.0 Å². The molecule has 2 aromatic rings. The lowest BCUT2D eigenvalue weighted by atomic mass is 10.1. The van der Waals surface area contributed by atoms with Crippen LogP contribution in [0.3, 0.4) is 0 Å². The van der Waals surface area contributed by atoms with E-state index < -0.39 is 21.8 Å². The van der Waals surface area contributed by atoms with Crippen LogP contribution in [0, 0.1) is 0 Å². The summed E-state index contributed by atoms with van der Waals surface area (Å²) in [4.78, 5) is 3.68. The molecule has 0 saturated carbocycles. The largest absolute Gasteiger partial charge is 0.491 e. The molecule has 0 unspecified atom stereocenters. The summed E-state index contributed by atoms with van der Waals surface area (Å²) in [7, 11) is -0.542. The molecular weight excluding hydrogens is 501 g/mol. The molecule has 0 saturated heterocycles. The van der Waals surface area contributed by atoms with Crippen molar-refractivity contribution in [2.75, 3.05) is 46.3 Å². The number of rotatable bonds is 14. The number of methoxy groups -OCH3 is 2. The molecule has 1 aromatic heterocycles. The number of ether oxygens (including phenoxy) is 4. The fourth-order valence-corrected chi connectivity index (χ4v) is 3.98. The van der Waals surface area contributed by atoms with Gasteiger partial charge in [-0.05, 0) is 30.5 Å². The van der Waals surface area contributed by atoms with E-state index in [1.165, 1.54) is 20.3 Å². The lowest BCUT2D eigenvalue weighted by Gasteiger charge is -2.15. The molecule has 0 aliphatic rings. The summed E-state index contributed by atoms with van der Waals surface area (Å²) < 4.78 is 86.8. The Morgan fingerprint density at radius 1 is 1.09 bits per heavy atom. The van der Waals surface area contributed by atoms with Gasteiger partial charge in [0.05, 0.1) is 17.9 Å². The van der Waals surface area contributed by atoms with Crippen molar-refractivity contribution < 1.29 is 40.5 Å². The average molecular weight is 527 g/mol. The Morgan fingerprint density at radius 2 is 1.82 bits per heavy atom. The zero-order valence-electron chi connectivity index (χ0n) is 18.7. The van der Waals surface area contributed by atoms with E-state index >= 15 is 0 Å². The maximum atomic E-state index is 12.9. The molecule has 8 nitrogen and oxygen atoms in total. The van der Waals surface area contributed by atoms with Gasteiger partial charge in [0, 0.05) is 39.6 Å². The van der Waals surface area contributed by atoms with Crippen molar-refractivity contribution >= 4 is 21.6 Å². The number of sulfonamides is 1. The Labute approximate surface area is 201 Å². The third kappa shape index (κ3) is 9.26. The number of nitrogens with zero attached hydrogens (tertiary/aromatic N) is 1. The quantitative estimate of drug-likeness (QED) is 0.371. The smallest absolute Gasteiger partial charge is 0.417 e. The Bertz CT molecular complexity index is 1040. The minimum Gasteiger partial charge on any atom is -0.491 e. The third-order valence-electron chi connectivity index (χ3n) is 4.42. The highest BCUT2D eigenvalue weighted by molar-refractivity contribution is 7.89. The Balaban J connectivity index is 2.22. The van der Waals surface area contributed by atoms with E-state index in [9.17, 15) is 21.6 Å². The maximum absolute atomic E-state index is 12.9. The van der Waals surface area contributed by atoms with Crippen LogP contribution in [0.4, 0.5) is 13.2 Å².